The first-order valence-corrected chi connectivity index (χ1v) is 14.4. The standard InChI is InChI=1S/C32H50O4/c1-28-20-18-16-14-12-10-8-6-4-3-5-7-9-11-13-15-17-19-21-31(26-32(33)36-28)35-27-29-22-24-30(34-2)25-23-29/h8,10,16,18,22-25,28,31H,3-7,9,11-15,17,19-21,26-27H2,1-2H3/b10-8-,18-16+/t28-,31-/m1/s1. The molecule has 0 saturated carbocycles. The molecule has 0 unspecified atom stereocenters. The van der Waals surface area contributed by atoms with Gasteiger partial charge in [0, 0.05) is 6.42 Å². The molecule has 4 nitrogen and oxygen atoms in total. The Morgan fingerprint density at radius 2 is 1.36 bits per heavy atom. The van der Waals surface area contributed by atoms with Crippen molar-refractivity contribution in [3.8, 4) is 5.75 Å². The van der Waals surface area contributed by atoms with Gasteiger partial charge in [-0.2, -0.15) is 0 Å². The zero-order valence-corrected chi connectivity index (χ0v) is 22.9. The average Bonchev–Trinajstić information content (AvgIpc) is 2.88. The number of carbonyl (C=O) groups excluding carboxylic acids is 1. The fraction of sp³-hybridized carbons (Fsp3) is 0.656. The highest BCUT2D eigenvalue weighted by atomic mass is 16.5. The van der Waals surface area contributed by atoms with E-state index in [1.165, 1.54) is 64.2 Å². The van der Waals surface area contributed by atoms with Gasteiger partial charge in [-0.1, -0.05) is 94.2 Å². The van der Waals surface area contributed by atoms with Crippen LogP contribution >= 0.6 is 0 Å². The molecule has 0 fully saturated rings. The third-order valence-corrected chi connectivity index (χ3v) is 6.82. The Bertz CT molecular complexity index is 737. The first-order chi connectivity index (χ1) is 17.7. The molecule has 36 heavy (non-hydrogen) atoms. The molecule has 1 heterocycles. The molecule has 1 aromatic rings. The highest BCUT2D eigenvalue weighted by Gasteiger charge is 2.17. The number of ether oxygens (including phenoxy) is 3. The first kappa shape index (κ1) is 30.2. The second-order valence-electron chi connectivity index (χ2n) is 10.2. The highest BCUT2D eigenvalue weighted by Crippen LogP contribution is 2.18. The minimum Gasteiger partial charge on any atom is -0.497 e. The van der Waals surface area contributed by atoms with Crippen molar-refractivity contribution in [1.29, 1.82) is 0 Å². The van der Waals surface area contributed by atoms with Crippen LogP contribution in [-0.4, -0.2) is 25.3 Å². The quantitative estimate of drug-likeness (QED) is 0.307. The molecule has 0 spiro atoms. The van der Waals surface area contributed by atoms with E-state index in [-0.39, 0.29) is 18.2 Å². The lowest BCUT2D eigenvalue weighted by Crippen LogP contribution is -2.22. The second-order valence-corrected chi connectivity index (χ2v) is 10.2. The van der Waals surface area contributed by atoms with Crippen molar-refractivity contribution < 1.29 is 19.0 Å². The van der Waals surface area contributed by atoms with Crippen LogP contribution in [0.3, 0.4) is 0 Å². The van der Waals surface area contributed by atoms with Crippen molar-refractivity contribution in [1.82, 2.24) is 0 Å². The number of esters is 1. The first-order valence-electron chi connectivity index (χ1n) is 14.4. The predicted molar refractivity (Wildman–Crippen MR) is 149 cm³/mol. The minimum atomic E-state index is -0.159. The Morgan fingerprint density at radius 3 is 2.03 bits per heavy atom. The van der Waals surface area contributed by atoms with E-state index in [0.717, 1.165) is 43.4 Å². The van der Waals surface area contributed by atoms with Crippen molar-refractivity contribution in [3.63, 3.8) is 0 Å². The van der Waals surface area contributed by atoms with Gasteiger partial charge in [0.1, 0.15) is 11.9 Å². The number of hydrogen-bond donors (Lipinski definition) is 0. The van der Waals surface area contributed by atoms with Crippen LogP contribution in [0.5, 0.6) is 5.75 Å². The molecule has 1 aliphatic rings. The molecule has 0 saturated heterocycles. The zero-order valence-electron chi connectivity index (χ0n) is 22.9. The van der Waals surface area contributed by atoms with Crippen LogP contribution in [0.4, 0.5) is 0 Å². The van der Waals surface area contributed by atoms with E-state index in [1.54, 1.807) is 7.11 Å². The molecule has 0 bridgehead atoms. The van der Waals surface area contributed by atoms with Crippen LogP contribution in [0.2, 0.25) is 0 Å². The summed E-state index contributed by atoms with van der Waals surface area (Å²) in [6.07, 6.45) is 27.1. The van der Waals surface area contributed by atoms with Crippen LogP contribution in [0, 0.1) is 0 Å². The highest BCUT2D eigenvalue weighted by molar-refractivity contribution is 5.70. The van der Waals surface area contributed by atoms with Gasteiger partial charge in [-0.25, -0.2) is 0 Å². The predicted octanol–water partition coefficient (Wildman–Crippen LogP) is 8.88. The molecule has 202 valence electrons. The summed E-state index contributed by atoms with van der Waals surface area (Å²) >= 11 is 0. The number of benzene rings is 1. The summed E-state index contributed by atoms with van der Waals surface area (Å²) in [5, 5.41) is 0. The molecule has 1 aliphatic heterocycles. The summed E-state index contributed by atoms with van der Waals surface area (Å²) in [6.45, 7) is 2.47. The van der Waals surface area contributed by atoms with E-state index in [1.807, 2.05) is 31.2 Å². The van der Waals surface area contributed by atoms with E-state index in [0.29, 0.717) is 13.0 Å². The van der Waals surface area contributed by atoms with Gasteiger partial charge in [-0.15, -0.1) is 0 Å². The number of cyclic esters (lactones) is 1. The fourth-order valence-corrected chi connectivity index (χ4v) is 4.57. The molecule has 0 amide bonds. The molecular formula is C32H50O4. The van der Waals surface area contributed by atoms with Crippen molar-refractivity contribution in [2.75, 3.05) is 7.11 Å². The van der Waals surface area contributed by atoms with Crippen LogP contribution in [0.25, 0.3) is 0 Å². The van der Waals surface area contributed by atoms with Gasteiger partial charge in [-0.3, -0.25) is 4.79 Å². The Morgan fingerprint density at radius 1 is 0.778 bits per heavy atom. The molecule has 0 radical (unpaired) electrons. The van der Waals surface area contributed by atoms with Gasteiger partial charge in [0.05, 0.1) is 26.2 Å². The Balaban J connectivity index is 1.85. The van der Waals surface area contributed by atoms with E-state index in [4.69, 9.17) is 14.2 Å². The lowest BCUT2D eigenvalue weighted by atomic mass is 10.0. The molecule has 0 N–H and O–H groups in total. The van der Waals surface area contributed by atoms with Gasteiger partial charge in [-0.05, 0) is 56.7 Å². The smallest absolute Gasteiger partial charge is 0.308 e. The van der Waals surface area contributed by atoms with Gasteiger partial charge in [0.2, 0.25) is 0 Å². The van der Waals surface area contributed by atoms with Gasteiger partial charge in [0.15, 0.2) is 0 Å². The SMILES string of the molecule is COc1ccc(CO[C@@H]2CCCCCCCCCCCC/C=C\CC/C=C/C[C@@H](C)OC(=O)C2)cc1. The molecule has 1 aromatic carbocycles. The van der Waals surface area contributed by atoms with Crippen molar-refractivity contribution in [2.45, 2.75) is 128 Å². The summed E-state index contributed by atoms with van der Waals surface area (Å²) in [7, 11) is 1.67. The molecule has 0 aromatic heterocycles. The summed E-state index contributed by atoms with van der Waals surface area (Å²) in [5.74, 6) is 0.676. The van der Waals surface area contributed by atoms with Crippen LogP contribution in [-0.2, 0) is 20.9 Å². The van der Waals surface area contributed by atoms with Crippen LogP contribution in [0.15, 0.2) is 48.6 Å². The lowest BCUT2D eigenvalue weighted by Gasteiger charge is -2.19. The monoisotopic (exact) mass is 498 g/mol. The maximum atomic E-state index is 12.7. The maximum absolute atomic E-state index is 12.7. The third kappa shape index (κ3) is 15.1. The zero-order chi connectivity index (χ0) is 25.7. The van der Waals surface area contributed by atoms with Gasteiger partial charge < -0.3 is 14.2 Å². The number of methoxy groups -OCH3 is 1. The normalized spacial score (nSPS) is 24.7. The summed E-state index contributed by atoms with van der Waals surface area (Å²) < 4.78 is 17.1. The fourth-order valence-electron chi connectivity index (χ4n) is 4.57. The van der Waals surface area contributed by atoms with Gasteiger partial charge in [0.25, 0.3) is 0 Å². The molecular weight excluding hydrogens is 448 g/mol. The molecule has 2 rings (SSSR count). The van der Waals surface area contributed by atoms with Crippen LogP contribution < -0.4 is 4.74 Å². The van der Waals surface area contributed by atoms with E-state index in [9.17, 15) is 4.79 Å². The number of allylic oxidation sites excluding steroid dienone is 3. The topological polar surface area (TPSA) is 44.8 Å². The Hall–Kier alpha value is -2.07. The average molecular weight is 499 g/mol. The van der Waals surface area contributed by atoms with Crippen molar-refractivity contribution in [2.24, 2.45) is 0 Å². The molecule has 4 heteroatoms. The Kier molecular flexibility index (Phi) is 16.8. The lowest BCUT2D eigenvalue weighted by molar-refractivity contribution is -0.151. The number of hydrogen-bond acceptors (Lipinski definition) is 4. The number of rotatable bonds is 4. The van der Waals surface area contributed by atoms with Gasteiger partial charge >= 0.3 is 5.97 Å². The largest absolute Gasteiger partial charge is 0.497 e. The van der Waals surface area contributed by atoms with Crippen molar-refractivity contribution in [3.05, 3.63) is 54.1 Å². The third-order valence-electron chi connectivity index (χ3n) is 6.82. The maximum Gasteiger partial charge on any atom is 0.308 e. The Labute approximate surface area is 220 Å². The second kappa shape index (κ2) is 20.0. The number of carbonyl (C=O) groups is 1. The summed E-state index contributed by atoms with van der Waals surface area (Å²) in [6, 6.07) is 7.92. The molecule has 2 atom stereocenters. The van der Waals surface area contributed by atoms with E-state index >= 15 is 0 Å². The summed E-state index contributed by atoms with van der Waals surface area (Å²) in [4.78, 5) is 12.7. The van der Waals surface area contributed by atoms with E-state index in [2.05, 4.69) is 24.3 Å². The summed E-state index contributed by atoms with van der Waals surface area (Å²) in [5.41, 5.74) is 1.09. The van der Waals surface area contributed by atoms with Crippen LogP contribution in [0.1, 0.15) is 115 Å². The van der Waals surface area contributed by atoms with E-state index < -0.39 is 0 Å². The minimum absolute atomic E-state index is 0.111. The van der Waals surface area contributed by atoms with Crippen molar-refractivity contribution >= 4 is 5.97 Å². The molecule has 0 aliphatic carbocycles.